The summed E-state index contributed by atoms with van der Waals surface area (Å²) in [6.45, 7) is 1.68. The number of rotatable bonds is 1. The molecule has 3 heterocycles. The molecule has 1 fully saturated rings. The van der Waals surface area contributed by atoms with E-state index >= 15 is 0 Å². The Morgan fingerprint density at radius 1 is 1.09 bits per heavy atom. The highest BCUT2D eigenvalue weighted by atomic mass is 16.2. The Morgan fingerprint density at radius 3 is 2.36 bits per heavy atom. The lowest BCUT2D eigenvalue weighted by atomic mass is 9.85. The van der Waals surface area contributed by atoms with Crippen molar-refractivity contribution in [3.63, 3.8) is 0 Å². The van der Waals surface area contributed by atoms with E-state index in [4.69, 9.17) is 0 Å². The number of carbonyl (C=O) groups excluding carboxylic acids is 2. The largest absolute Gasteiger partial charge is 0.274 e. The number of anilines is 1. The van der Waals surface area contributed by atoms with Crippen molar-refractivity contribution < 1.29 is 9.59 Å². The number of hydrogen-bond donors (Lipinski definition) is 1. The third-order valence-corrected chi connectivity index (χ3v) is 4.17. The molecule has 2 aromatic heterocycles. The molecule has 1 N–H and O–H groups in total. The first-order valence-corrected chi connectivity index (χ1v) is 7.05. The van der Waals surface area contributed by atoms with Gasteiger partial charge in [0, 0.05) is 11.8 Å². The Morgan fingerprint density at radius 2 is 1.73 bits per heavy atom. The number of aryl methyl sites for hydroxylation is 1. The van der Waals surface area contributed by atoms with Gasteiger partial charge in [-0.2, -0.15) is 9.50 Å². The van der Waals surface area contributed by atoms with Gasteiger partial charge in [-0.15, -0.1) is 0 Å². The number of allylic oxidation sites excluding steroid dienone is 2. The first kappa shape index (κ1) is 12.9. The fraction of sp³-hybridized carbons (Fsp3) is 0.357. The van der Waals surface area contributed by atoms with Gasteiger partial charge in [-0.25, -0.2) is 9.88 Å². The predicted molar refractivity (Wildman–Crippen MR) is 76.2 cm³/mol. The van der Waals surface area contributed by atoms with Gasteiger partial charge in [-0.05, 0) is 19.8 Å². The van der Waals surface area contributed by atoms with Crippen LogP contribution in [-0.4, -0.2) is 31.4 Å². The van der Waals surface area contributed by atoms with Gasteiger partial charge in [-0.1, -0.05) is 12.2 Å². The molecule has 1 aliphatic carbocycles. The number of carbonyl (C=O) groups is 2. The molecule has 0 radical (unpaired) electrons. The average molecular weight is 299 g/mol. The lowest BCUT2D eigenvalue weighted by Crippen LogP contribution is -2.32. The Hall–Kier alpha value is -2.77. The summed E-state index contributed by atoms with van der Waals surface area (Å²) >= 11 is 0. The lowest BCUT2D eigenvalue weighted by Gasteiger charge is -2.14. The van der Waals surface area contributed by atoms with Crippen LogP contribution < -0.4 is 10.5 Å². The minimum absolute atomic E-state index is 0.0552. The number of nitrogens with one attached hydrogen (secondary N) is 1. The van der Waals surface area contributed by atoms with E-state index < -0.39 is 0 Å². The van der Waals surface area contributed by atoms with Crippen LogP contribution >= 0.6 is 0 Å². The molecule has 8 heteroatoms. The van der Waals surface area contributed by atoms with Crippen LogP contribution in [0.25, 0.3) is 5.78 Å². The summed E-state index contributed by atoms with van der Waals surface area (Å²) in [7, 11) is 0. The maximum Gasteiger partial charge on any atom is 0.274 e. The van der Waals surface area contributed by atoms with Crippen molar-refractivity contribution in [3.05, 3.63) is 34.3 Å². The fourth-order valence-electron chi connectivity index (χ4n) is 3.09. The van der Waals surface area contributed by atoms with Gasteiger partial charge in [0.2, 0.25) is 17.8 Å². The summed E-state index contributed by atoms with van der Waals surface area (Å²) in [6.07, 6.45) is 4.96. The van der Waals surface area contributed by atoms with Crippen molar-refractivity contribution >= 4 is 23.5 Å². The number of aromatic amines is 1. The third-order valence-electron chi connectivity index (χ3n) is 4.17. The number of imide groups is 1. The van der Waals surface area contributed by atoms with Gasteiger partial charge in [0.05, 0.1) is 11.8 Å². The van der Waals surface area contributed by atoms with Gasteiger partial charge in [0.1, 0.15) is 0 Å². The molecular weight excluding hydrogens is 286 g/mol. The van der Waals surface area contributed by atoms with Crippen molar-refractivity contribution in [1.82, 2.24) is 19.6 Å². The van der Waals surface area contributed by atoms with Gasteiger partial charge in [0.15, 0.2) is 0 Å². The molecule has 1 aliphatic heterocycles. The Kier molecular flexibility index (Phi) is 2.56. The highest BCUT2D eigenvalue weighted by Gasteiger charge is 2.49. The van der Waals surface area contributed by atoms with Crippen molar-refractivity contribution in [2.45, 2.75) is 19.8 Å². The van der Waals surface area contributed by atoms with E-state index in [0.29, 0.717) is 18.5 Å². The smallest absolute Gasteiger partial charge is 0.274 e. The molecule has 2 aromatic rings. The summed E-state index contributed by atoms with van der Waals surface area (Å²) in [6, 6.07) is 1.35. The van der Waals surface area contributed by atoms with Crippen LogP contribution in [0.15, 0.2) is 23.0 Å². The van der Waals surface area contributed by atoms with Gasteiger partial charge < -0.3 is 0 Å². The summed E-state index contributed by atoms with van der Waals surface area (Å²) in [5.74, 6) is -1.02. The monoisotopic (exact) mass is 299 g/mol. The second-order valence-electron chi connectivity index (χ2n) is 5.59. The van der Waals surface area contributed by atoms with E-state index in [-0.39, 0.29) is 40.9 Å². The van der Waals surface area contributed by atoms with E-state index in [0.717, 1.165) is 9.42 Å². The molecule has 0 unspecified atom stereocenters. The normalized spacial score (nSPS) is 24.3. The maximum absolute atomic E-state index is 12.5. The number of aromatic nitrogens is 4. The van der Waals surface area contributed by atoms with E-state index in [1.165, 1.54) is 6.07 Å². The van der Waals surface area contributed by atoms with Crippen LogP contribution in [0.1, 0.15) is 18.5 Å². The maximum atomic E-state index is 12.5. The topological polar surface area (TPSA) is 100 Å². The van der Waals surface area contributed by atoms with Gasteiger partial charge >= 0.3 is 0 Å². The highest BCUT2D eigenvalue weighted by Crippen LogP contribution is 2.36. The first-order chi connectivity index (χ1) is 10.6. The first-order valence-electron chi connectivity index (χ1n) is 7.05. The minimum atomic E-state index is -0.336. The summed E-state index contributed by atoms with van der Waals surface area (Å²) in [5, 5.41) is 2.70. The molecule has 0 bridgehead atoms. The molecule has 0 saturated carbocycles. The van der Waals surface area contributed by atoms with Crippen LogP contribution in [0, 0.1) is 18.8 Å². The van der Waals surface area contributed by atoms with Gasteiger partial charge in [0.25, 0.3) is 11.3 Å². The van der Waals surface area contributed by atoms with E-state index in [1.54, 1.807) is 6.92 Å². The minimum Gasteiger partial charge on any atom is -0.274 e. The predicted octanol–water partition coefficient (Wildman–Crippen LogP) is 0.182. The van der Waals surface area contributed by atoms with E-state index in [1.807, 2.05) is 12.2 Å². The zero-order chi connectivity index (χ0) is 15.4. The molecule has 8 nitrogen and oxygen atoms in total. The Bertz CT molecular complexity index is 868. The van der Waals surface area contributed by atoms with Crippen molar-refractivity contribution in [2.75, 3.05) is 4.90 Å². The second-order valence-corrected chi connectivity index (χ2v) is 5.59. The molecule has 22 heavy (non-hydrogen) atoms. The zero-order valence-electron chi connectivity index (χ0n) is 11.8. The molecule has 0 aromatic carbocycles. The number of amides is 2. The van der Waals surface area contributed by atoms with Crippen LogP contribution in [-0.2, 0) is 9.59 Å². The van der Waals surface area contributed by atoms with Crippen LogP contribution in [0.2, 0.25) is 0 Å². The average Bonchev–Trinajstić information content (AvgIpc) is 3.00. The van der Waals surface area contributed by atoms with E-state index in [9.17, 15) is 14.4 Å². The van der Waals surface area contributed by atoms with Crippen molar-refractivity contribution in [2.24, 2.45) is 11.8 Å². The zero-order valence-corrected chi connectivity index (χ0v) is 11.8. The van der Waals surface area contributed by atoms with Gasteiger partial charge in [-0.3, -0.25) is 19.5 Å². The molecule has 0 spiro atoms. The molecule has 2 aliphatic rings. The molecular formula is C14H13N5O3. The quantitative estimate of drug-likeness (QED) is 0.598. The molecule has 1 saturated heterocycles. The molecule has 4 rings (SSSR count). The molecule has 2 atom stereocenters. The molecule has 112 valence electrons. The summed E-state index contributed by atoms with van der Waals surface area (Å²) in [4.78, 5) is 46.2. The van der Waals surface area contributed by atoms with Crippen LogP contribution in [0.4, 0.5) is 5.95 Å². The Balaban J connectivity index is 1.82. The SMILES string of the molecule is Cc1cc(=O)n2[nH]c(N3C(=O)[C@H]4CC=CC[C@H]4C3=O)nc2n1. The van der Waals surface area contributed by atoms with E-state index in [2.05, 4.69) is 15.1 Å². The standard InChI is InChI=1S/C14H13N5O3/c1-7-6-10(20)19-13(15-7)16-14(17-19)18-11(21)8-4-2-3-5-9(8)12(18)22/h2-3,6,8-9H,4-5H2,1H3,(H,15,16,17)/t8-,9+. The lowest BCUT2D eigenvalue weighted by molar-refractivity contribution is -0.122. The van der Waals surface area contributed by atoms with Crippen molar-refractivity contribution in [1.29, 1.82) is 0 Å². The Labute approximate surface area is 124 Å². The summed E-state index contributed by atoms with van der Waals surface area (Å²) < 4.78 is 1.13. The summed E-state index contributed by atoms with van der Waals surface area (Å²) in [5.41, 5.74) is 0.194. The van der Waals surface area contributed by atoms with Crippen molar-refractivity contribution in [3.8, 4) is 0 Å². The number of hydrogen-bond acceptors (Lipinski definition) is 5. The number of nitrogens with zero attached hydrogens (tertiary/aromatic N) is 4. The molecule has 2 amide bonds. The second kappa shape index (κ2) is 4.36. The van der Waals surface area contributed by atoms with Crippen LogP contribution in [0.5, 0.6) is 0 Å². The number of fused-ring (bicyclic) bond motifs is 2. The van der Waals surface area contributed by atoms with Crippen LogP contribution in [0.3, 0.4) is 0 Å². The highest BCUT2D eigenvalue weighted by molar-refractivity contribution is 6.21. The number of H-pyrrole nitrogens is 1. The fourth-order valence-corrected chi connectivity index (χ4v) is 3.09. The third kappa shape index (κ3) is 1.66.